The highest BCUT2D eigenvalue weighted by Crippen LogP contribution is 2.29. The van der Waals surface area contributed by atoms with Crippen LogP contribution in [0.15, 0.2) is 55.3 Å². The largest absolute Gasteiger partial charge is 0.372 e. The van der Waals surface area contributed by atoms with Crippen LogP contribution in [0.5, 0.6) is 0 Å². The van der Waals surface area contributed by atoms with E-state index in [1.807, 2.05) is 35.2 Å². The molecule has 1 amide bonds. The second-order valence-corrected chi connectivity index (χ2v) is 6.72. The van der Waals surface area contributed by atoms with Crippen molar-refractivity contribution in [3.05, 3.63) is 66.4 Å². The number of pyridine rings is 1. The standard InChI is InChI=1S/C21H23N3O2/c1-2-13-26-18-10-11-23(15-18)20-8-7-17(14-22-20)21(25)24-12-9-16-5-3-4-6-19(16)24/h2-8,14,18H,1,9-13,15H2. The van der Waals surface area contributed by atoms with Crippen molar-refractivity contribution in [3.8, 4) is 0 Å². The van der Waals surface area contributed by atoms with Crippen molar-refractivity contribution in [3.63, 3.8) is 0 Å². The van der Waals surface area contributed by atoms with E-state index in [-0.39, 0.29) is 12.0 Å². The molecule has 1 fully saturated rings. The Labute approximate surface area is 153 Å². The minimum absolute atomic E-state index is 0.0163. The maximum absolute atomic E-state index is 12.9. The summed E-state index contributed by atoms with van der Waals surface area (Å²) in [5.41, 5.74) is 2.88. The smallest absolute Gasteiger partial charge is 0.259 e. The molecule has 2 aromatic rings. The Morgan fingerprint density at radius 2 is 2.15 bits per heavy atom. The number of benzene rings is 1. The van der Waals surface area contributed by atoms with E-state index in [0.717, 1.165) is 44.0 Å². The van der Waals surface area contributed by atoms with Gasteiger partial charge in [0.1, 0.15) is 5.82 Å². The first-order chi connectivity index (χ1) is 12.8. The van der Waals surface area contributed by atoms with E-state index in [0.29, 0.717) is 12.2 Å². The quantitative estimate of drug-likeness (QED) is 0.779. The van der Waals surface area contributed by atoms with Gasteiger partial charge in [-0.05, 0) is 36.6 Å². The third-order valence-corrected chi connectivity index (χ3v) is 5.05. The highest BCUT2D eigenvalue weighted by molar-refractivity contribution is 6.07. The number of carbonyl (C=O) groups is 1. The molecule has 0 radical (unpaired) electrons. The predicted octanol–water partition coefficient (Wildman–Crippen LogP) is 3.07. The molecule has 0 saturated carbocycles. The van der Waals surface area contributed by atoms with Gasteiger partial charge in [0.15, 0.2) is 0 Å². The number of hydrogen-bond donors (Lipinski definition) is 0. The number of carbonyl (C=O) groups excluding carboxylic acids is 1. The van der Waals surface area contributed by atoms with Crippen molar-refractivity contribution in [1.29, 1.82) is 0 Å². The maximum Gasteiger partial charge on any atom is 0.259 e. The molecule has 1 aromatic carbocycles. The van der Waals surface area contributed by atoms with Gasteiger partial charge in [0, 0.05) is 31.5 Å². The summed E-state index contributed by atoms with van der Waals surface area (Å²) < 4.78 is 5.72. The maximum atomic E-state index is 12.9. The Morgan fingerprint density at radius 3 is 2.96 bits per heavy atom. The number of amides is 1. The molecule has 0 bridgehead atoms. The minimum atomic E-state index is 0.0163. The monoisotopic (exact) mass is 349 g/mol. The summed E-state index contributed by atoms with van der Waals surface area (Å²) in [5, 5.41) is 0. The van der Waals surface area contributed by atoms with Crippen LogP contribution in [-0.2, 0) is 11.2 Å². The highest BCUT2D eigenvalue weighted by Gasteiger charge is 2.26. The molecular weight excluding hydrogens is 326 g/mol. The zero-order valence-electron chi connectivity index (χ0n) is 14.8. The first kappa shape index (κ1) is 16.8. The van der Waals surface area contributed by atoms with Gasteiger partial charge in [-0.3, -0.25) is 4.79 Å². The van der Waals surface area contributed by atoms with E-state index in [1.165, 1.54) is 5.56 Å². The van der Waals surface area contributed by atoms with Crippen molar-refractivity contribution < 1.29 is 9.53 Å². The molecule has 1 aromatic heterocycles. The van der Waals surface area contributed by atoms with Crippen molar-refractivity contribution in [2.24, 2.45) is 0 Å². The van der Waals surface area contributed by atoms with Gasteiger partial charge in [0.2, 0.25) is 0 Å². The molecule has 1 saturated heterocycles. The van der Waals surface area contributed by atoms with E-state index in [9.17, 15) is 4.79 Å². The number of anilines is 2. The van der Waals surface area contributed by atoms with E-state index in [2.05, 4.69) is 22.5 Å². The molecular formula is C21H23N3O2. The minimum Gasteiger partial charge on any atom is -0.372 e. The van der Waals surface area contributed by atoms with Gasteiger partial charge in [-0.15, -0.1) is 6.58 Å². The molecule has 2 aliphatic heterocycles. The van der Waals surface area contributed by atoms with Crippen LogP contribution >= 0.6 is 0 Å². The molecule has 1 atom stereocenters. The molecule has 4 rings (SSSR count). The Morgan fingerprint density at radius 1 is 1.27 bits per heavy atom. The number of ether oxygens (including phenoxy) is 1. The predicted molar refractivity (Wildman–Crippen MR) is 103 cm³/mol. The summed E-state index contributed by atoms with van der Waals surface area (Å²) in [5.74, 6) is 0.913. The number of rotatable bonds is 5. The first-order valence-corrected chi connectivity index (χ1v) is 9.09. The molecule has 0 spiro atoms. The number of fused-ring (bicyclic) bond motifs is 1. The van der Waals surface area contributed by atoms with Gasteiger partial charge in [-0.2, -0.15) is 0 Å². The van der Waals surface area contributed by atoms with Crippen LogP contribution in [-0.4, -0.2) is 43.2 Å². The number of aromatic nitrogens is 1. The summed E-state index contributed by atoms with van der Waals surface area (Å²) in [6.45, 7) is 6.74. The fourth-order valence-electron chi connectivity index (χ4n) is 3.68. The molecule has 5 nitrogen and oxygen atoms in total. The first-order valence-electron chi connectivity index (χ1n) is 9.09. The van der Waals surface area contributed by atoms with Crippen LogP contribution in [0.25, 0.3) is 0 Å². The van der Waals surface area contributed by atoms with Gasteiger partial charge < -0.3 is 14.5 Å². The zero-order chi connectivity index (χ0) is 17.9. The SMILES string of the molecule is C=CCOC1CCN(c2ccc(C(=O)N3CCc4ccccc43)cn2)C1. The average Bonchev–Trinajstić information content (AvgIpc) is 3.33. The van der Waals surface area contributed by atoms with Gasteiger partial charge in [-0.25, -0.2) is 4.98 Å². The normalized spacial score (nSPS) is 18.8. The van der Waals surface area contributed by atoms with Crippen LogP contribution in [0.2, 0.25) is 0 Å². The molecule has 3 heterocycles. The number of para-hydroxylation sites is 1. The molecule has 1 unspecified atom stereocenters. The summed E-state index contributed by atoms with van der Waals surface area (Å²) in [6, 6.07) is 11.9. The van der Waals surface area contributed by atoms with Crippen molar-refractivity contribution in [2.75, 3.05) is 36.0 Å². The molecule has 5 heteroatoms. The Balaban J connectivity index is 1.44. The Hall–Kier alpha value is -2.66. The van der Waals surface area contributed by atoms with Crippen LogP contribution in [0.4, 0.5) is 11.5 Å². The number of hydrogen-bond acceptors (Lipinski definition) is 4. The second kappa shape index (κ2) is 7.30. The van der Waals surface area contributed by atoms with E-state index < -0.39 is 0 Å². The Bertz CT molecular complexity index is 803. The van der Waals surface area contributed by atoms with E-state index in [1.54, 1.807) is 12.3 Å². The zero-order valence-corrected chi connectivity index (χ0v) is 14.8. The second-order valence-electron chi connectivity index (χ2n) is 6.72. The lowest BCUT2D eigenvalue weighted by Gasteiger charge is -2.19. The third-order valence-electron chi connectivity index (χ3n) is 5.05. The topological polar surface area (TPSA) is 45.7 Å². The van der Waals surface area contributed by atoms with Crippen molar-refractivity contribution in [1.82, 2.24) is 4.98 Å². The molecule has 134 valence electrons. The van der Waals surface area contributed by atoms with Gasteiger partial charge in [-0.1, -0.05) is 24.3 Å². The number of nitrogens with zero attached hydrogens (tertiary/aromatic N) is 3. The summed E-state index contributed by atoms with van der Waals surface area (Å²) >= 11 is 0. The van der Waals surface area contributed by atoms with Crippen molar-refractivity contribution >= 4 is 17.4 Å². The van der Waals surface area contributed by atoms with Crippen LogP contribution in [0.3, 0.4) is 0 Å². The average molecular weight is 349 g/mol. The molecule has 26 heavy (non-hydrogen) atoms. The molecule has 0 aliphatic carbocycles. The van der Waals surface area contributed by atoms with E-state index in [4.69, 9.17) is 4.74 Å². The van der Waals surface area contributed by atoms with Crippen LogP contribution < -0.4 is 9.80 Å². The lowest BCUT2D eigenvalue weighted by Crippen LogP contribution is -2.29. The lowest BCUT2D eigenvalue weighted by atomic mass is 10.2. The summed E-state index contributed by atoms with van der Waals surface area (Å²) in [6.07, 6.45) is 5.58. The Kier molecular flexibility index (Phi) is 4.71. The summed E-state index contributed by atoms with van der Waals surface area (Å²) in [7, 11) is 0. The van der Waals surface area contributed by atoms with Crippen LogP contribution in [0.1, 0.15) is 22.3 Å². The van der Waals surface area contributed by atoms with Gasteiger partial charge >= 0.3 is 0 Å². The van der Waals surface area contributed by atoms with E-state index >= 15 is 0 Å². The fraction of sp³-hybridized carbons (Fsp3) is 0.333. The van der Waals surface area contributed by atoms with Crippen LogP contribution in [0, 0.1) is 0 Å². The summed E-state index contributed by atoms with van der Waals surface area (Å²) in [4.78, 5) is 21.4. The van der Waals surface area contributed by atoms with Gasteiger partial charge in [0.25, 0.3) is 5.91 Å². The molecule has 2 aliphatic rings. The fourth-order valence-corrected chi connectivity index (χ4v) is 3.68. The highest BCUT2D eigenvalue weighted by atomic mass is 16.5. The molecule has 0 N–H and O–H groups in total. The van der Waals surface area contributed by atoms with Gasteiger partial charge in [0.05, 0.1) is 18.3 Å². The van der Waals surface area contributed by atoms with Crippen molar-refractivity contribution in [2.45, 2.75) is 18.9 Å². The third kappa shape index (κ3) is 3.22. The lowest BCUT2D eigenvalue weighted by molar-refractivity contribution is 0.0908.